The van der Waals surface area contributed by atoms with Crippen molar-refractivity contribution in [3.63, 3.8) is 0 Å². The van der Waals surface area contributed by atoms with Crippen molar-refractivity contribution in [3.8, 4) is 5.75 Å². The topological polar surface area (TPSA) is 58.6 Å². The van der Waals surface area contributed by atoms with Crippen LogP contribution in [-0.4, -0.2) is 35.9 Å². The summed E-state index contributed by atoms with van der Waals surface area (Å²) in [7, 11) is 0. The summed E-state index contributed by atoms with van der Waals surface area (Å²) >= 11 is 6.02. The third-order valence-electron chi connectivity index (χ3n) is 5.23. The maximum absolute atomic E-state index is 13.3. The van der Waals surface area contributed by atoms with E-state index in [9.17, 15) is 9.59 Å². The van der Waals surface area contributed by atoms with Crippen molar-refractivity contribution < 1.29 is 14.3 Å². The number of carbonyl (C=O) groups excluding carboxylic acids is 2. The summed E-state index contributed by atoms with van der Waals surface area (Å²) in [5.74, 6) is 0.917. The number of rotatable bonds is 11. The average molecular weight is 459 g/mol. The predicted octanol–water partition coefficient (Wildman–Crippen LogP) is 5.42. The van der Waals surface area contributed by atoms with Gasteiger partial charge in [0.05, 0.1) is 0 Å². The van der Waals surface area contributed by atoms with Crippen LogP contribution >= 0.6 is 11.6 Å². The molecule has 0 fully saturated rings. The molecule has 0 aromatic heterocycles. The Morgan fingerprint density at radius 3 is 2.28 bits per heavy atom. The van der Waals surface area contributed by atoms with Crippen LogP contribution in [0.5, 0.6) is 5.75 Å². The average Bonchev–Trinajstić information content (AvgIpc) is 2.77. The van der Waals surface area contributed by atoms with Gasteiger partial charge >= 0.3 is 0 Å². The Morgan fingerprint density at radius 1 is 1.03 bits per heavy atom. The Kier molecular flexibility index (Phi) is 10.0. The molecule has 0 aliphatic carbocycles. The highest BCUT2D eigenvalue weighted by atomic mass is 35.5. The second kappa shape index (κ2) is 12.5. The summed E-state index contributed by atoms with van der Waals surface area (Å²) in [6.07, 6.45) is 0.506. The zero-order valence-electron chi connectivity index (χ0n) is 19.7. The van der Waals surface area contributed by atoms with Gasteiger partial charge in [-0.1, -0.05) is 76.6 Å². The van der Waals surface area contributed by atoms with Crippen LogP contribution in [-0.2, 0) is 16.1 Å². The first kappa shape index (κ1) is 25.7. The molecule has 2 rings (SSSR count). The molecule has 0 unspecified atom stereocenters. The van der Waals surface area contributed by atoms with E-state index in [2.05, 4.69) is 19.2 Å². The van der Waals surface area contributed by atoms with Gasteiger partial charge in [0.15, 0.2) is 6.61 Å². The second-order valence-electron chi connectivity index (χ2n) is 8.69. The van der Waals surface area contributed by atoms with Crippen molar-refractivity contribution in [1.82, 2.24) is 10.2 Å². The zero-order chi connectivity index (χ0) is 23.7. The number of halogens is 1. The lowest BCUT2D eigenvalue weighted by Gasteiger charge is -2.31. The van der Waals surface area contributed by atoms with Crippen LogP contribution < -0.4 is 10.1 Å². The van der Waals surface area contributed by atoms with Gasteiger partial charge in [-0.25, -0.2) is 0 Å². The van der Waals surface area contributed by atoms with E-state index in [4.69, 9.17) is 16.3 Å². The summed E-state index contributed by atoms with van der Waals surface area (Å²) in [4.78, 5) is 27.8. The molecule has 0 bridgehead atoms. The molecule has 0 heterocycles. The molecule has 6 heteroatoms. The first-order valence-corrected chi connectivity index (χ1v) is 11.6. The van der Waals surface area contributed by atoms with Gasteiger partial charge in [0.25, 0.3) is 5.91 Å². The number of nitrogens with one attached hydrogen (secondary N) is 1. The number of benzene rings is 2. The molecule has 0 aliphatic heterocycles. The third-order valence-corrected chi connectivity index (χ3v) is 5.48. The molecular weight excluding hydrogens is 424 g/mol. The Labute approximate surface area is 197 Å². The monoisotopic (exact) mass is 458 g/mol. The first-order valence-electron chi connectivity index (χ1n) is 11.3. The van der Waals surface area contributed by atoms with Crippen LogP contribution in [0.25, 0.3) is 0 Å². The van der Waals surface area contributed by atoms with Gasteiger partial charge < -0.3 is 15.0 Å². The first-order chi connectivity index (χ1) is 15.2. The number of hydrogen-bond acceptors (Lipinski definition) is 3. The minimum absolute atomic E-state index is 0.134. The highest BCUT2D eigenvalue weighted by molar-refractivity contribution is 6.30. The van der Waals surface area contributed by atoms with Crippen molar-refractivity contribution in [1.29, 1.82) is 0 Å². The smallest absolute Gasteiger partial charge is 0.261 e. The van der Waals surface area contributed by atoms with Crippen molar-refractivity contribution >= 4 is 23.4 Å². The lowest BCUT2D eigenvalue weighted by atomic mass is 10.0. The van der Waals surface area contributed by atoms with E-state index in [0.29, 0.717) is 36.2 Å². The van der Waals surface area contributed by atoms with Crippen LogP contribution in [0.2, 0.25) is 5.02 Å². The fourth-order valence-electron chi connectivity index (χ4n) is 3.44. The highest BCUT2D eigenvalue weighted by Crippen LogP contribution is 2.26. The normalized spacial score (nSPS) is 12.0. The lowest BCUT2D eigenvalue weighted by molar-refractivity contribution is -0.143. The quantitative estimate of drug-likeness (QED) is 0.489. The third kappa shape index (κ3) is 7.56. The molecule has 1 atom stereocenters. The van der Waals surface area contributed by atoms with Crippen LogP contribution in [0.15, 0.2) is 48.5 Å². The van der Waals surface area contributed by atoms with Gasteiger partial charge in [0, 0.05) is 18.1 Å². The molecule has 32 heavy (non-hydrogen) atoms. The van der Waals surface area contributed by atoms with Crippen molar-refractivity contribution in [3.05, 3.63) is 64.7 Å². The predicted molar refractivity (Wildman–Crippen MR) is 130 cm³/mol. The lowest BCUT2D eigenvalue weighted by Crippen LogP contribution is -2.50. The van der Waals surface area contributed by atoms with E-state index in [0.717, 1.165) is 11.1 Å². The molecule has 5 nitrogen and oxygen atoms in total. The van der Waals surface area contributed by atoms with Gasteiger partial charge in [0.1, 0.15) is 11.8 Å². The second-order valence-corrected chi connectivity index (χ2v) is 9.13. The largest absolute Gasteiger partial charge is 0.483 e. The van der Waals surface area contributed by atoms with Crippen LogP contribution in [0, 0.1) is 5.92 Å². The van der Waals surface area contributed by atoms with E-state index in [-0.39, 0.29) is 24.3 Å². The van der Waals surface area contributed by atoms with Crippen LogP contribution in [0.1, 0.15) is 58.1 Å². The van der Waals surface area contributed by atoms with Crippen molar-refractivity contribution in [2.75, 3.05) is 13.2 Å². The Morgan fingerprint density at radius 2 is 1.69 bits per heavy atom. The summed E-state index contributed by atoms with van der Waals surface area (Å²) in [5, 5.41) is 3.59. The molecular formula is C26H35ClN2O3. The number of carbonyl (C=O) groups is 2. The molecule has 0 aliphatic rings. The minimum Gasteiger partial charge on any atom is -0.483 e. The molecule has 174 valence electrons. The number of para-hydroxylation sites is 1. The van der Waals surface area contributed by atoms with E-state index in [1.54, 1.807) is 17.0 Å². The van der Waals surface area contributed by atoms with E-state index < -0.39 is 6.04 Å². The summed E-state index contributed by atoms with van der Waals surface area (Å²) in [5.41, 5.74) is 1.95. The van der Waals surface area contributed by atoms with Gasteiger partial charge in [-0.05, 0) is 47.6 Å². The molecule has 2 aromatic carbocycles. The molecule has 0 spiro atoms. The Balaban J connectivity index is 2.23. The number of nitrogens with zero attached hydrogens (tertiary/aromatic N) is 1. The molecule has 1 N–H and O–H groups in total. The highest BCUT2D eigenvalue weighted by Gasteiger charge is 2.29. The number of ether oxygens (including phenoxy) is 1. The van der Waals surface area contributed by atoms with Crippen LogP contribution in [0.4, 0.5) is 0 Å². The Bertz CT molecular complexity index is 881. The zero-order valence-corrected chi connectivity index (χ0v) is 20.5. The van der Waals surface area contributed by atoms with Crippen LogP contribution in [0.3, 0.4) is 0 Å². The fraction of sp³-hybridized carbons (Fsp3) is 0.462. The van der Waals surface area contributed by atoms with E-state index in [1.807, 2.05) is 57.2 Å². The van der Waals surface area contributed by atoms with E-state index in [1.165, 1.54) is 0 Å². The minimum atomic E-state index is -0.583. The Hall–Kier alpha value is -2.53. The standard InChI is InChI=1S/C26H35ClN2O3/c1-6-23(26(31)28-15-18(2)3)29(16-20-11-13-21(27)14-12-20)25(30)17-32-24-10-8-7-9-22(24)19(4)5/h7-14,18-19,23H,6,15-17H2,1-5H3,(H,28,31)/t23-/m0/s1. The maximum Gasteiger partial charge on any atom is 0.261 e. The van der Waals surface area contributed by atoms with Gasteiger partial charge in [0.2, 0.25) is 5.91 Å². The SMILES string of the molecule is CC[C@@H](C(=O)NCC(C)C)N(Cc1ccc(Cl)cc1)C(=O)COc1ccccc1C(C)C. The number of hydrogen-bond donors (Lipinski definition) is 1. The van der Waals surface area contributed by atoms with E-state index >= 15 is 0 Å². The molecule has 2 aromatic rings. The summed E-state index contributed by atoms with van der Waals surface area (Å²) in [6.45, 7) is 10.9. The molecule has 0 saturated heterocycles. The molecule has 0 radical (unpaired) electrons. The van der Waals surface area contributed by atoms with Crippen molar-refractivity contribution in [2.24, 2.45) is 5.92 Å². The van der Waals surface area contributed by atoms with Gasteiger partial charge in [-0.15, -0.1) is 0 Å². The molecule has 0 saturated carbocycles. The summed E-state index contributed by atoms with van der Waals surface area (Å²) < 4.78 is 5.93. The number of amides is 2. The fourth-order valence-corrected chi connectivity index (χ4v) is 3.57. The maximum atomic E-state index is 13.3. The summed E-state index contributed by atoms with van der Waals surface area (Å²) in [6, 6.07) is 14.5. The molecule has 2 amide bonds. The van der Waals surface area contributed by atoms with Gasteiger partial charge in [-0.2, -0.15) is 0 Å². The van der Waals surface area contributed by atoms with Crippen molar-refractivity contribution in [2.45, 2.75) is 59.5 Å². The van der Waals surface area contributed by atoms with Gasteiger partial charge in [-0.3, -0.25) is 9.59 Å².